The lowest BCUT2D eigenvalue weighted by molar-refractivity contribution is 0.0946. The number of hydrogen-bond donors (Lipinski definition) is 2. The molecule has 5 nitrogen and oxygen atoms in total. The van der Waals surface area contributed by atoms with Crippen molar-refractivity contribution in [3.05, 3.63) is 59.4 Å². The minimum absolute atomic E-state index is 0.147. The van der Waals surface area contributed by atoms with Crippen molar-refractivity contribution in [2.45, 2.75) is 13.5 Å². The number of pyridine rings is 1. The zero-order valence-electron chi connectivity index (χ0n) is 14.0. The second-order valence-electron chi connectivity index (χ2n) is 5.83. The Labute approximate surface area is 137 Å². The van der Waals surface area contributed by atoms with Crippen LogP contribution in [0.15, 0.2) is 42.6 Å². The molecular weight excluding hydrogens is 288 g/mol. The van der Waals surface area contributed by atoms with Gasteiger partial charge in [-0.1, -0.05) is 29.8 Å². The Balaban J connectivity index is 1.92. The van der Waals surface area contributed by atoms with Gasteiger partial charge in [0, 0.05) is 31.5 Å². The van der Waals surface area contributed by atoms with Gasteiger partial charge in [-0.25, -0.2) is 0 Å². The Hall–Kier alpha value is -2.40. The van der Waals surface area contributed by atoms with Crippen LogP contribution in [0.2, 0.25) is 0 Å². The highest BCUT2D eigenvalue weighted by Crippen LogP contribution is 2.11. The highest BCUT2D eigenvalue weighted by molar-refractivity contribution is 5.93. The lowest BCUT2D eigenvalue weighted by Gasteiger charge is -2.11. The maximum atomic E-state index is 12.1. The summed E-state index contributed by atoms with van der Waals surface area (Å²) in [5, 5.41) is 6.20. The van der Waals surface area contributed by atoms with Crippen LogP contribution in [0.25, 0.3) is 0 Å². The molecule has 0 saturated carbocycles. The molecule has 1 heterocycles. The van der Waals surface area contributed by atoms with Gasteiger partial charge in [0.1, 0.15) is 5.69 Å². The molecule has 0 radical (unpaired) electrons. The molecule has 0 atom stereocenters. The van der Waals surface area contributed by atoms with Gasteiger partial charge in [-0.05, 0) is 38.7 Å². The quantitative estimate of drug-likeness (QED) is 0.823. The third kappa shape index (κ3) is 5.71. The van der Waals surface area contributed by atoms with E-state index >= 15 is 0 Å². The Morgan fingerprint density at radius 3 is 2.78 bits per heavy atom. The van der Waals surface area contributed by atoms with Gasteiger partial charge in [-0.2, -0.15) is 0 Å². The highest BCUT2D eigenvalue weighted by atomic mass is 16.1. The summed E-state index contributed by atoms with van der Waals surface area (Å²) in [5.41, 5.74) is 3.76. The van der Waals surface area contributed by atoms with Crippen LogP contribution >= 0.6 is 0 Å². The number of benzene rings is 1. The molecular formula is C18H24N4O. The van der Waals surface area contributed by atoms with Crippen LogP contribution in [0.4, 0.5) is 5.69 Å². The van der Waals surface area contributed by atoms with Crippen LogP contribution in [0, 0.1) is 6.92 Å². The van der Waals surface area contributed by atoms with Gasteiger partial charge in [-0.3, -0.25) is 9.78 Å². The third-order valence-corrected chi connectivity index (χ3v) is 3.42. The molecule has 0 fully saturated rings. The summed E-state index contributed by atoms with van der Waals surface area (Å²) >= 11 is 0. The minimum atomic E-state index is -0.147. The number of hydrogen-bond acceptors (Lipinski definition) is 4. The molecule has 0 aliphatic rings. The SMILES string of the molecule is Cc1cccc(CNc2ccnc(C(=O)NCCN(C)C)c2)c1. The van der Waals surface area contributed by atoms with Crippen molar-refractivity contribution in [1.29, 1.82) is 0 Å². The molecule has 0 spiro atoms. The lowest BCUT2D eigenvalue weighted by atomic mass is 10.1. The first-order chi connectivity index (χ1) is 11.0. The number of aryl methyl sites for hydroxylation is 1. The molecule has 0 unspecified atom stereocenters. The van der Waals surface area contributed by atoms with Gasteiger partial charge in [-0.15, -0.1) is 0 Å². The number of amides is 1. The number of rotatable bonds is 7. The predicted molar refractivity (Wildman–Crippen MR) is 93.6 cm³/mol. The van der Waals surface area contributed by atoms with E-state index < -0.39 is 0 Å². The van der Waals surface area contributed by atoms with Crippen LogP contribution < -0.4 is 10.6 Å². The van der Waals surface area contributed by atoms with Crippen molar-refractivity contribution in [2.75, 3.05) is 32.5 Å². The maximum Gasteiger partial charge on any atom is 0.269 e. The third-order valence-electron chi connectivity index (χ3n) is 3.42. The molecule has 1 aromatic carbocycles. The van der Waals surface area contributed by atoms with Crippen molar-refractivity contribution in [3.8, 4) is 0 Å². The lowest BCUT2D eigenvalue weighted by Crippen LogP contribution is -2.31. The largest absolute Gasteiger partial charge is 0.381 e. The standard InChI is InChI=1S/C18H24N4O/c1-14-5-4-6-15(11-14)13-21-16-7-8-19-17(12-16)18(23)20-9-10-22(2)3/h4-8,11-12H,9-10,13H2,1-3H3,(H,19,21)(H,20,23). The first-order valence-electron chi connectivity index (χ1n) is 7.73. The summed E-state index contributed by atoms with van der Waals surface area (Å²) in [4.78, 5) is 18.2. The smallest absolute Gasteiger partial charge is 0.269 e. The van der Waals surface area contributed by atoms with Crippen LogP contribution in [0.3, 0.4) is 0 Å². The van der Waals surface area contributed by atoms with Crippen LogP contribution in [0.5, 0.6) is 0 Å². The van der Waals surface area contributed by atoms with Gasteiger partial charge in [0.2, 0.25) is 0 Å². The molecule has 2 aromatic rings. The monoisotopic (exact) mass is 312 g/mol. The Bertz CT molecular complexity index is 655. The van der Waals surface area contributed by atoms with E-state index in [0.29, 0.717) is 18.8 Å². The van der Waals surface area contributed by atoms with E-state index in [1.165, 1.54) is 11.1 Å². The molecule has 1 amide bonds. The molecule has 2 rings (SSSR count). The highest BCUT2D eigenvalue weighted by Gasteiger charge is 2.07. The topological polar surface area (TPSA) is 57.3 Å². The number of nitrogens with zero attached hydrogens (tertiary/aromatic N) is 2. The first-order valence-corrected chi connectivity index (χ1v) is 7.73. The first kappa shape index (κ1) is 17.0. The van der Waals surface area contributed by atoms with Gasteiger partial charge in [0.25, 0.3) is 5.91 Å². The van der Waals surface area contributed by atoms with E-state index in [1.807, 2.05) is 31.1 Å². The number of aromatic nitrogens is 1. The summed E-state index contributed by atoms with van der Waals surface area (Å²) < 4.78 is 0. The average Bonchev–Trinajstić information content (AvgIpc) is 2.53. The Morgan fingerprint density at radius 2 is 2.04 bits per heavy atom. The number of likely N-dealkylation sites (N-methyl/N-ethyl adjacent to an activating group) is 1. The molecule has 1 aromatic heterocycles. The van der Waals surface area contributed by atoms with E-state index in [9.17, 15) is 4.79 Å². The number of anilines is 1. The summed E-state index contributed by atoms with van der Waals surface area (Å²) in [5.74, 6) is -0.147. The molecule has 0 aliphatic heterocycles. The van der Waals surface area contributed by atoms with E-state index in [0.717, 1.165) is 12.2 Å². The van der Waals surface area contributed by atoms with Crippen molar-refractivity contribution in [2.24, 2.45) is 0 Å². The van der Waals surface area contributed by atoms with E-state index in [1.54, 1.807) is 12.3 Å². The molecule has 0 aliphatic carbocycles. The van der Waals surface area contributed by atoms with E-state index in [2.05, 4.69) is 40.7 Å². The summed E-state index contributed by atoms with van der Waals surface area (Å²) in [7, 11) is 3.94. The molecule has 0 saturated heterocycles. The summed E-state index contributed by atoms with van der Waals surface area (Å²) in [6, 6.07) is 12.0. The van der Waals surface area contributed by atoms with E-state index in [4.69, 9.17) is 0 Å². The second-order valence-corrected chi connectivity index (χ2v) is 5.83. The van der Waals surface area contributed by atoms with Crippen LogP contribution in [0.1, 0.15) is 21.6 Å². The zero-order valence-corrected chi connectivity index (χ0v) is 14.0. The maximum absolute atomic E-state index is 12.1. The van der Waals surface area contributed by atoms with Crippen molar-refractivity contribution < 1.29 is 4.79 Å². The Kier molecular flexibility index (Phi) is 6.11. The fourth-order valence-corrected chi connectivity index (χ4v) is 2.17. The van der Waals surface area contributed by atoms with Crippen LogP contribution in [-0.2, 0) is 6.54 Å². The molecule has 2 N–H and O–H groups in total. The fourth-order valence-electron chi connectivity index (χ4n) is 2.17. The van der Waals surface area contributed by atoms with E-state index in [-0.39, 0.29) is 5.91 Å². The summed E-state index contributed by atoms with van der Waals surface area (Å²) in [6.07, 6.45) is 1.65. The second kappa shape index (κ2) is 8.29. The van der Waals surface area contributed by atoms with Crippen molar-refractivity contribution in [1.82, 2.24) is 15.2 Å². The number of nitrogens with one attached hydrogen (secondary N) is 2. The van der Waals surface area contributed by atoms with Crippen LogP contribution in [-0.4, -0.2) is 43.0 Å². The normalized spacial score (nSPS) is 10.6. The minimum Gasteiger partial charge on any atom is -0.381 e. The van der Waals surface area contributed by atoms with Gasteiger partial charge in [0.15, 0.2) is 0 Å². The van der Waals surface area contributed by atoms with Gasteiger partial charge < -0.3 is 15.5 Å². The number of carbonyl (C=O) groups is 1. The predicted octanol–water partition coefficient (Wildman–Crippen LogP) is 2.29. The molecule has 23 heavy (non-hydrogen) atoms. The van der Waals surface area contributed by atoms with Crippen molar-refractivity contribution in [3.63, 3.8) is 0 Å². The molecule has 5 heteroatoms. The number of carbonyl (C=O) groups excluding carboxylic acids is 1. The average molecular weight is 312 g/mol. The zero-order chi connectivity index (χ0) is 16.7. The van der Waals surface area contributed by atoms with Gasteiger partial charge >= 0.3 is 0 Å². The van der Waals surface area contributed by atoms with Crippen molar-refractivity contribution >= 4 is 11.6 Å². The Morgan fingerprint density at radius 1 is 1.22 bits per heavy atom. The summed E-state index contributed by atoms with van der Waals surface area (Å²) in [6.45, 7) is 4.20. The fraction of sp³-hybridized carbons (Fsp3) is 0.333. The molecule has 122 valence electrons. The van der Waals surface area contributed by atoms with Gasteiger partial charge in [0.05, 0.1) is 0 Å². The molecule has 0 bridgehead atoms.